The summed E-state index contributed by atoms with van der Waals surface area (Å²) in [6.07, 6.45) is 3.92. The Balaban J connectivity index is 1.86. The van der Waals surface area contributed by atoms with E-state index in [2.05, 4.69) is 47.3 Å². The average Bonchev–Trinajstić information content (AvgIpc) is 3.27. The maximum absolute atomic E-state index is 12.2. The van der Waals surface area contributed by atoms with E-state index in [0.29, 0.717) is 17.0 Å². The molecule has 1 amide bonds. The van der Waals surface area contributed by atoms with E-state index in [4.69, 9.17) is 4.42 Å². The molecule has 1 atom stereocenters. The third kappa shape index (κ3) is 3.36. The van der Waals surface area contributed by atoms with E-state index < -0.39 is 0 Å². The van der Waals surface area contributed by atoms with Crippen molar-refractivity contribution in [3.63, 3.8) is 0 Å². The van der Waals surface area contributed by atoms with Crippen LogP contribution in [0.5, 0.6) is 0 Å². The molecule has 2 N–H and O–H groups in total. The van der Waals surface area contributed by atoms with Crippen LogP contribution in [0.2, 0.25) is 0 Å². The Morgan fingerprint density at radius 2 is 2.00 bits per heavy atom. The van der Waals surface area contributed by atoms with Gasteiger partial charge < -0.3 is 14.7 Å². The normalized spacial score (nSPS) is 13.2. The number of para-hydroxylation sites is 1. The molecule has 4 rings (SSSR count). The van der Waals surface area contributed by atoms with Gasteiger partial charge in [0.05, 0.1) is 28.4 Å². The Kier molecular flexibility index (Phi) is 4.50. The summed E-state index contributed by atoms with van der Waals surface area (Å²) in [5.74, 6) is -0.321. The number of hydrogen-bond acceptors (Lipinski definition) is 3. The number of rotatable bonds is 4. The van der Waals surface area contributed by atoms with E-state index in [1.54, 1.807) is 6.07 Å². The average molecular weight is 359 g/mol. The Morgan fingerprint density at radius 1 is 1.19 bits per heavy atom. The molecule has 0 spiro atoms. The van der Waals surface area contributed by atoms with Gasteiger partial charge in [0.25, 0.3) is 5.91 Å². The molecule has 0 aliphatic carbocycles. The Bertz CT molecular complexity index is 1170. The standard InChI is InChI=1S/C22H21N3O2/c1-3-14(2)23-19-9-5-8-18-17-7-4-6-16(12-20(17)25-21(18)19)24-22(26)15-10-11-27-13-15/h4-14,23,25H,3H2,1-2H3. The first kappa shape index (κ1) is 17.1. The van der Waals surface area contributed by atoms with Crippen LogP contribution in [-0.2, 0) is 0 Å². The molecule has 0 aliphatic heterocycles. The summed E-state index contributed by atoms with van der Waals surface area (Å²) in [7, 11) is 0. The highest BCUT2D eigenvalue weighted by Gasteiger charge is 2.09. The van der Waals surface area contributed by atoms with Crippen molar-refractivity contribution in [1.82, 2.24) is 4.98 Å². The summed E-state index contributed by atoms with van der Waals surface area (Å²) in [4.78, 5) is 20.0. The summed E-state index contributed by atoms with van der Waals surface area (Å²) in [6, 6.07) is 15.9. The number of aromatic amines is 1. The number of aromatic nitrogens is 1. The molecule has 27 heavy (non-hydrogen) atoms. The maximum Gasteiger partial charge on any atom is 0.280 e. The summed E-state index contributed by atoms with van der Waals surface area (Å²) in [5, 5.41) is 6.38. The predicted octanol–water partition coefficient (Wildman–Crippen LogP) is 4.87. The molecule has 0 fully saturated rings. The molecule has 0 bridgehead atoms. The number of nitrogens with one attached hydrogen (secondary N) is 2. The van der Waals surface area contributed by atoms with Crippen molar-refractivity contribution >= 4 is 33.4 Å². The fourth-order valence-corrected chi connectivity index (χ4v) is 3.12. The van der Waals surface area contributed by atoms with Crippen LogP contribution in [0.1, 0.15) is 30.6 Å². The van der Waals surface area contributed by atoms with E-state index in [1.165, 1.54) is 12.5 Å². The molecule has 0 aliphatic rings. The van der Waals surface area contributed by atoms with Crippen molar-refractivity contribution in [1.29, 1.82) is 0 Å². The van der Waals surface area contributed by atoms with Crippen molar-refractivity contribution in [3.8, 4) is 0 Å². The molecule has 1 unspecified atom stereocenters. The van der Waals surface area contributed by atoms with Crippen LogP contribution in [0.15, 0.2) is 70.5 Å². The third-order valence-corrected chi connectivity index (χ3v) is 4.74. The molecule has 2 aromatic heterocycles. The van der Waals surface area contributed by atoms with E-state index in [0.717, 1.165) is 33.9 Å². The zero-order valence-corrected chi connectivity index (χ0v) is 15.3. The van der Waals surface area contributed by atoms with Crippen LogP contribution in [-0.4, -0.2) is 16.9 Å². The van der Waals surface area contributed by atoms with Crippen LogP contribution in [0, 0.1) is 0 Å². The highest BCUT2D eigenvalue weighted by atomic mass is 16.3. The molecule has 4 aromatic rings. The number of fused-ring (bicyclic) bond motifs is 3. The Labute approximate surface area is 156 Å². The smallest absolute Gasteiger partial charge is 0.280 e. The highest BCUT2D eigenvalue weighted by Crippen LogP contribution is 2.29. The highest BCUT2D eigenvalue weighted by molar-refractivity contribution is 6.10. The van der Waals surface area contributed by atoms with Crippen LogP contribution < -0.4 is 10.7 Å². The second kappa shape index (κ2) is 7.11. The van der Waals surface area contributed by atoms with Crippen LogP contribution in [0.4, 0.5) is 5.69 Å². The molecule has 2 aromatic carbocycles. The van der Waals surface area contributed by atoms with Gasteiger partial charge in [-0.2, -0.15) is 0 Å². The minimum atomic E-state index is -0.321. The number of nitrogens with zero attached hydrogens (tertiary/aromatic N) is 1. The fraction of sp³-hybridized carbons (Fsp3) is 0.182. The van der Waals surface area contributed by atoms with E-state index >= 15 is 0 Å². The molecule has 0 radical (unpaired) electrons. The summed E-state index contributed by atoms with van der Waals surface area (Å²) in [5.41, 5.74) is 3.52. The minimum absolute atomic E-state index is 0.321. The van der Waals surface area contributed by atoms with Crippen molar-refractivity contribution in [3.05, 3.63) is 72.0 Å². The lowest BCUT2D eigenvalue weighted by Gasteiger charge is -2.13. The SMILES string of the molecule is CCC(C)Nc1cccc2c1[nH]c1cc(=NC(=O)c3ccoc3)cccc12. The number of H-pyrrole nitrogens is 1. The van der Waals surface area contributed by atoms with Gasteiger partial charge in [0.15, 0.2) is 0 Å². The quantitative estimate of drug-likeness (QED) is 0.546. The lowest BCUT2D eigenvalue weighted by Crippen LogP contribution is -2.13. The summed E-state index contributed by atoms with van der Waals surface area (Å²) in [6.45, 7) is 4.33. The largest absolute Gasteiger partial charge is 0.472 e. The summed E-state index contributed by atoms with van der Waals surface area (Å²) >= 11 is 0. The predicted molar refractivity (Wildman–Crippen MR) is 108 cm³/mol. The second-order valence-corrected chi connectivity index (χ2v) is 6.66. The van der Waals surface area contributed by atoms with Crippen molar-refractivity contribution in [2.24, 2.45) is 4.99 Å². The van der Waals surface area contributed by atoms with E-state index in [1.807, 2.05) is 24.3 Å². The van der Waals surface area contributed by atoms with Gasteiger partial charge in [-0.05, 0) is 37.6 Å². The molecule has 2 heterocycles. The van der Waals surface area contributed by atoms with Gasteiger partial charge in [0.1, 0.15) is 6.26 Å². The number of carbonyl (C=O) groups is 1. The van der Waals surface area contributed by atoms with Crippen molar-refractivity contribution < 1.29 is 9.21 Å². The van der Waals surface area contributed by atoms with Crippen LogP contribution >= 0.6 is 0 Å². The van der Waals surface area contributed by atoms with Gasteiger partial charge in [0.2, 0.25) is 0 Å². The zero-order chi connectivity index (χ0) is 18.8. The molecular weight excluding hydrogens is 338 g/mol. The van der Waals surface area contributed by atoms with Gasteiger partial charge in [-0.3, -0.25) is 4.79 Å². The van der Waals surface area contributed by atoms with Gasteiger partial charge in [-0.15, -0.1) is 0 Å². The minimum Gasteiger partial charge on any atom is -0.472 e. The van der Waals surface area contributed by atoms with Gasteiger partial charge in [0, 0.05) is 22.3 Å². The van der Waals surface area contributed by atoms with Gasteiger partial charge in [-0.25, -0.2) is 4.99 Å². The molecule has 0 saturated carbocycles. The van der Waals surface area contributed by atoms with Crippen LogP contribution in [0.25, 0.3) is 21.8 Å². The fourth-order valence-electron chi connectivity index (χ4n) is 3.12. The number of hydrogen-bond donors (Lipinski definition) is 2. The molecule has 136 valence electrons. The summed E-state index contributed by atoms with van der Waals surface area (Å²) < 4.78 is 4.96. The van der Waals surface area contributed by atoms with Crippen molar-refractivity contribution in [2.45, 2.75) is 26.3 Å². The first-order valence-corrected chi connectivity index (χ1v) is 9.08. The van der Waals surface area contributed by atoms with Crippen molar-refractivity contribution in [2.75, 3.05) is 5.32 Å². The molecule has 5 nitrogen and oxygen atoms in total. The van der Waals surface area contributed by atoms with E-state index in [9.17, 15) is 4.79 Å². The molecular formula is C22H21N3O2. The first-order chi connectivity index (χ1) is 13.2. The Morgan fingerprint density at radius 3 is 2.78 bits per heavy atom. The topological polar surface area (TPSA) is 70.4 Å². The molecule has 0 saturated heterocycles. The number of furan rings is 1. The maximum atomic E-state index is 12.2. The monoisotopic (exact) mass is 359 g/mol. The van der Waals surface area contributed by atoms with Gasteiger partial charge >= 0.3 is 0 Å². The first-order valence-electron chi connectivity index (χ1n) is 9.08. The number of amides is 1. The third-order valence-electron chi connectivity index (χ3n) is 4.74. The van der Waals surface area contributed by atoms with Gasteiger partial charge in [-0.1, -0.05) is 31.2 Å². The van der Waals surface area contributed by atoms with Crippen LogP contribution in [0.3, 0.4) is 0 Å². The number of benzene rings is 1. The molecule has 5 heteroatoms. The second-order valence-electron chi connectivity index (χ2n) is 6.66. The van der Waals surface area contributed by atoms with E-state index in [-0.39, 0.29) is 5.91 Å². The number of carbonyl (C=O) groups excluding carboxylic acids is 1. The lowest BCUT2D eigenvalue weighted by atomic mass is 10.1. The Hall–Kier alpha value is -3.34. The number of anilines is 1. The lowest BCUT2D eigenvalue weighted by molar-refractivity contribution is 0.0998. The zero-order valence-electron chi connectivity index (χ0n) is 15.3.